The van der Waals surface area contributed by atoms with E-state index in [9.17, 15) is 4.79 Å². The molecule has 0 aromatic carbocycles. The largest absolute Gasteiger partial charge is 0.391 e. The zero-order chi connectivity index (χ0) is 20.4. The lowest BCUT2D eigenvalue weighted by atomic mass is 9.41. The minimum Gasteiger partial charge on any atom is -0.391 e. The maximum atomic E-state index is 12.7. The van der Waals surface area contributed by atoms with Crippen molar-refractivity contribution < 1.29 is 9.63 Å². The van der Waals surface area contributed by atoms with Gasteiger partial charge < -0.3 is 10.2 Å². The summed E-state index contributed by atoms with van der Waals surface area (Å²) in [5, 5.41) is 8.12. The number of ketones is 1. The van der Waals surface area contributed by atoms with E-state index in [2.05, 4.69) is 33.0 Å². The molecular weight excluding hydrogens is 360 g/mol. The Kier molecular flexibility index (Phi) is 4.70. The lowest BCUT2D eigenvalue weighted by molar-refractivity contribution is -0.141. The van der Waals surface area contributed by atoms with Crippen LogP contribution in [0.4, 0.5) is 0 Å². The molecule has 0 bridgehead atoms. The Bertz CT molecular complexity index is 710. The second-order valence-electron chi connectivity index (χ2n) is 11.9. The van der Waals surface area contributed by atoms with E-state index in [-0.39, 0.29) is 16.9 Å². The van der Waals surface area contributed by atoms with Crippen LogP contribution in [0.15, 0.2) is 5.16 Å². The summed E-state index contributed by atoms with van der Waals surface area (Å²) < 4.78 is 0. The molecular formula is C25H40N2O2. The number of fused-ring (bicyclic) bond motifs is 5. The first-order valence-corrected chi connectivity index (χ1v) is 12.2. The van der Waals surface area contributed by atoms with Crippen LogP contribution in [-0.2, 0) is 9.63 Å². The molecule has 162 valence electrons. The van der Waals surface area contributed by atoms with E-state index in [0.717, 1.165) is 57.0 Å². The van der Waals surface area contributed by atoms with Gasteiger partial charge >= 0.3 is 0 Å². The number of Topliss-reactive ketones (excluding diaryl/α,β-unsaturated/α-hetero) is 1. The molecule has 29 heavy (non-hydrogen) atoms. The average Bonchev–Trinajstić information content (AvgIpc) is 3.29. The third kappa shape index (κ3) is 2.87. The minimum atomic E-state index is -0.00960. The lowest BCUT2D eigenvalue weighted by Crippen LogP contribution is -2.58. The lowest BCUT2D eigenvalue weighted by Gasteiger charge is -2.63. The molecule has 1 aliphatic heterocycles. The molecule has 0 spiro atoms. The van der Waals surface area contributed by atoms with Crippen LogP contribution < -0.4 is 5.32 Å². The van der Waals surface area contributed by atoms with Crippen LogP contribution in [0.2, 0.25) is 0 Å². The van der Waals surface area contributed by atoms with Crippen LogP contribution in [0, 0.1) is 39.9 Å². The molecule has 4 saturated carbocycles. The zero-order valence-corrected chi connectivity index (χ0v) is 18.9. The number of nitrogens with zero attached hydrogens (tertiary/aromatic N) is 1. The first-order valence-electron chi connectivity index (χ1n) is 12.2. The van der Waals surface area contributed by atoms with E-state index in [1.807, 2.05) is 0 Å². The first-order chi connectivity index (χ1) is 13.8. The number of hydrogen-bond acceptors (Lipinski definition) is 4. The summed E-state index contributed by atoms with van der Waals surface area (Å²) in [6.07, 6.45) is 10.6. The summed E-state index contributed by atoms with van der Waals surface area (Å²) in [4.78, 5) is 18.6. The molecule has 1 heterocycles. The summed E-state index contributed by atoms with van der Waals surface area (Å²) in [7, 11) is 0. The van der Waals surface area contributed by atoms with Gasteiger partial charge in [-0.1, -0.05) is 32.9 Å². The van der Waals surface area contributed by atoms with Crippen LogP contribution in [0.5, 0.6) is 0 Å². The van der Waals surface area contributed by atoms with Gasteiger partial charge in [0.05, 0.1) is 5.71 Å². The van der Waals surface area contributed by atoms with Crippen LogP contribution >= 0.6 is 0 Å². The van der Waals surface area contributed by atoms with Crippen LogP contribution in [0.25, 0.3) is 0 Å². The molecule has 4 nitrogen and oxygen atoms in total. The molecule has 0 aromatic rings. The van der Waals surface area contributed by atoms with Gasteiger partial charge in [-0.25, -0.2) is 0 Å². The molecule has 5 rings (SSSR count). The Morgan fingerprint density at radius 2 is 1.79 bits per heavy atom. The van der Waals surface area contributed by atoms with Crippen molar-refractivity contribution in [2.24, 2.45) is 45.1 Å². The number of oxime groups is 1. The van der Waals surface area contributed by atoms with Crippen LogP contribution in [-0.4, -0.2) is 30.7 Å². The summed E-state index contributed by atoms with van der Waals surface area (Å²) >= 11 is 0. The molecule has 0 aromatic heterocycles. The second kappa shape index (κ2) is 6.80. The van der Waals surface area contributed by atoms with Gasteiger partial charge in [-0.15, -0.1) is 0 Å². The van der Waals surface area contributed by atoms with Gasteiger partial charge in [-0.2, -0.15) is 0 Å². The first kappa shape index (κ1) is 20.0. The Balaban J connectivity index is 1.38. The van der Waals surface area contributed by atoms with E-state index in [0.29, 0.717) is 23.0 Å². The molecule has 4 aliphatic carbocycles. The Hall–Kier alpha value is -0.900. The van der Waals surface area contributed by atoms with Gasteiger partial charge in [-0.3, -0.25) is 4.79 Å². The number of rotatable bonds is 2. The van der Waals surface area contributed by atoms with Crippen molar-refractivity contribution in [3.63, 3.8) is 0 Å². The number of carbonyl (C=O) groups excluding carboxylic acids is 1. The standard InChI is InChI=1S/C25H40N2O2/c1-23(2)20-7-5-17-18-6-8-22(28)25(18,4)12-9-19(17)24(20,3)13-10-21(23)27-29-16-11-14-26-15-16/h16-20,26H,5-15H2,1-4H3/t16-,17+,18+,19+,20?,24-,25+/m1/s1. The summed E-state index contributed by atoms with van der Waals surface area (Å²) in [6, 6.07) is 0. The molecule has 4 heteroatoms. The molecule has 0 amide bonds. The third-order valence-electron chi connectivity index (χ3n) is 10.4. The Morgan fingerprint density at radius 1 is 0.966 bits per heavy atom. The highest BCUT2D eigenvalue weighted by Crippen LogP contribution is 2.67. The summed E-state index contributed by atoms with van der Waals surface area (Å²) in [5.74, 6) is 3.42. The van der Waals surface area contributed by atoms with Gasteiger partial charge in [-0.05, 0) is 80.6 Å². The van der Waals surface area contributed by atoms with Crippen LogP contribution in [0.3, 0.4) is 0 Å². The van der Waals surface area contributed by atoms with Gasteiger partial charge in [0.2, 0.25) is 0 Å². The van der Waals surface area contributed by atoms with E-state index < -0.39 is 0 Å². The smallest absolute Gasteiger partial charge is 0.141 e. The van der Waals surface area contributed by atoms with Crippen LogP contribution in [0.1, 0.15) is 85.5 Å². The predicted molar refractivity (Wildman–Crippen MR) is 116 cm³/mol. The molecule has 5 aliphatic rings. The normalized spacial score (nSPS) is 50.1. The van der Waals surface area contributed by atoms with Crippen molar-refractivity contribution >= 4 is 11.5 Å². The number of hydrogen-bond donors (Lipinski definition) is 1. The Morgan fingerprint density at radius 3 is 2.55 bits per heavy atom. The highest BCUT2D eigenvalue weighted by molar-refractivity contribution is 5.90. The molecule has 1 saturated heterocycles. The van der Waals surface area contributed by atoms with Crippen molar-refractivity contribution in [2.45, 2.75) is 91.6 Å². The zero-order valence-electron chi connectivity index (χ0n) is 18.9. The fourth-order valence-corrected chi connectivity index (χ4v) is 8.70. The second-order valence-corrected chi connectivity index (χ2v) is 11.9. The topological polar surface area (TPSA) is 50.7 Å². The van der Waals surface area contributed by atoms with Gasteiger partial charge in [0.1, 0.15) is 11.9 Å². The van der Waals surface area contributed by atoms with E-state index in [1.54, 1.807) is 0 Å². The van der Waals surface area contributed by atoms with Gasteiger partial charge in [0.25, 0.3) is 0 Å². The Labute approximate surface area is 176 Å². The molecule has 7 atom stereocenters. The maximum absolute atomic E-state index is 12.7. The van der Waals surface area contributed by atoms with Crippen molar-refractivity contribution in [1.29, 1.82) is 0 Å². The fraction of sp³-hybridized carbons (Fsp3) is 0.920. The maximum Gasteiger partial charge on any atom is 0.141 e. The van der Waals surface area contributed by atoms with Crippen molar-refractivity contribution in [3.8, 4) is 0 Å². The summed E-state index contributed by atoms with van der Waals surface area (Å²) in [5.41, 5.74) is 1.77. The molecule has 1 N–H and O–H groups in total. The number of nitrogens with one attached hydrogen (secondary N) is 1. The highest BCUT2D eigenvalue weighted by atomic mass is 16.6. The van der Waals surface area contributed by atoms with E-state index in [1.165, 1.54) is 31.4 Å². The van der Waals surface area contributed by atoms with Gasteiger partial charge in [0, 0.05) is 30.2 Å². The molecule has 1 unspecified atom stereocenters. The summed E-state index contributed by atoms with van der Waals surface area (Å²) in [6.45, 7) is 11.7. The average molecular weight is 401 g/mol. The predicted octanol–water partition coefficient (Wildman–Crippen LogP) is 4.97. The monoisotopic (exact) mass is 400 g/mol. The van der Waals surface area contributed by atoms with Crippen molar-refractivity contribution in [2.75, 3.05) is 13.1 Å². The molecule has 5 fully saturated rings. The van der Waals surface area contributed by atoms with E-state index in [4.69, 9.17) is 9.99 Å². The number of carbonyl (C=O) groups is 1. The van der Waals surface area contributed by atoms with E-state index >= 15 is 0 Å². The fourth-order valence-electron chi connectivity index (χ4n) is 8.70. The van der Waals surface area contributed by atoms with Crippen molar-refractivity contribution in [3.05, 3.63) is 0 Å². The molecule has 0 radical (unpaired) electrons. The highest BCUT2D eigenvalue weighted by Gasteiger charge is 2.62. The minimum absolute atomic E-state index is 0.00960. The van der Waals surface area contributed by atoms with Gasteiger partial charge in [0.15, 0.2) is 0 Å². The SMILES string of the molecule is CC1(C)C(=NO[C@@H]2CCNC2)CC[C@@]2(C)C1CC[C@@H]1[C@@H]2CC[C@]2(C)C(=O)CC[C@@H]12. The quantitative estimate of drug-likeness (QED) is 0.666. The third-order valence-corrected chi connectivity index (χ3v) is 10.4. The van der Waals surface area contributed by atoms with Crippen molar-refractivity contribution in [1.82, 2.24) is 5.32 Å².